The molecule has 2 N–H and O–H groups in total. The van der Waals surface area contributed by atoms with Gasteiger partial charge in [0.05, 0.1) is 6.61 Å². The lowest BCUT2D eigenvalue weighted by molar-refractivity contribution is -0.139. The van der Waals surface area contributed by atoms with Gasteiger partial charge in [0.2, 0.25) is 6.41 Å². The van der Waals surface area contributed by atoms with Crippen LogP contribution in [0.4, 0.5) is 0 Å². The molecule has 0 aliphatic carbocycles. The van der Waals surface area contributed by atoms with Crippen LogP contribution in [0.3, 0.4) is 0 Å². The molecule has 0 saturated carbocycles. The molecule has 0 aliphatic rings. The van der Waals surface area contributed by atoms with E-state index in [2.05, 4.69) is 5.32 Å². The van der Waals surface area contributed by atoms with Crippen LogP contribution in [-0.4, -0.2) is 41.6 Å². The van der Waals surface area contributed by atoms with Crippen molar-refractivity contribution in [3.8, 4) is 5.75 Å². The highest BCUT2D eigenvalue weighted by molar-refractivity contribution is 7.99. The van der Waals surface area contributed by atoms with Gasteiger partial charge in [0.15, 0.2) is 0 Å². The number of carbonyl (C=O) groups excluding carboxylic acids is 1. The molecule has 1 amide bonds. The molecule has 0 radical (unpaired) electrons. The quantitative estimate of drug-likeness (QED) is 0.535. The molecule has 0 spiro atoms. The van der Waals surface area contributed by atoms with Crippen molar-refractivity contribution in [1.82, 2.24) is 5.32 Å². The van der Waals surface area contributed by atoms with E-state index in [9.17, 15) is 9.59 Å². The third-order valence-electron chi connectivity index (χ3n) is 2.68. The summed E-state index contributed by atoms with van der Waals surface area (Å²) < 4.78 is 5.66. The highest BCUT2D eigenvalue weighted by Crippen LogP contribution is 2.19. The van der Waals surface area contributed by atoms with Crippen molar-refractivity contribution < 1.29 is 19.4 Å². The summed E-state index contributed by atoms with van der Waals surface area (Å²) in [6.07, 6.45) is 0.409. The Labute approximate surface area is 122 Å². The third-order valence-corrected chi connectivity index (χ3v) is 3.71. The molecule has 6 heteroatoms. The molecular formula is C14H19NO4S. The van der Waals surface area contributed by atoms with Gasteiger partial charge >= 0.3 is 5.97 Å². The maximum Gasteiger partial charge on any atom is 0.327 e. The van der Waals surface area contributed by atoms with Crippen molar-refractivity contribution in [2.24, 2.45) is 0 Å². The number of ether oxygens (including phenoxy) is 1. The molecule has 110 valence electrons. The van der Waals surface area contributed by atoms with E-state index >= 15 is 0 Å². The number of rotatable bonds is 9. The van der Waals surface area contributed by atoms with E-state index in [0.717, 1.165) is 16.9 Å². The van der Waals surface area contributed by atoms with Crippen LogP contribution in [0.1, 0.15) is 11.1 Å². The van der Waals surface area contributed by atoms with Gasteiger partial charge in [-0.25, -0.2) is 4.79 Å². The number of thioether (sulfide) groups is 1. The van der Waals surface area contributed by atoms with Crippen molar-refractivity contribution in [3.05, 3.63) is 29.3 Å². The van der Waals surface area contributed by atoms with E-state index in [4.69, 9.17) is 9.84 Å². The molecular weight excluding hydrogens is 278 g/mol. The van der Waals surface area contributed by atoms with Crippen LogP contribution in [0.2, 0.25) is 0 Å². The van der Waals surface area contributed by atoms with Gasteiger partial charge in [-0.3, -0.25) is 4.79 Å². The molecule has 1 atom stereocenters. The minimum Gasteiger partial charge on any atom is -0.492 e. The van der Waals surface area contributed by atoms with E-state index in [1.54, 1.807) is 0 Å². The van der Waals surface area contributed by atoms with E-state index in [1.165, 1.54) is 11.8 Å². The zero-order valence-electron chi connectivity index (χ0n) is 11.6. The average Bonchev–Trinajstić information content (AvgIpc) is 2.40. The predicted molar refractivity (Wildman–Crippen MR) is 79.4 cm³/mol. The van der Waals surface area contributed by atoms with Gasteiger partial charge in [0.1, 0.15) is 11.8 Å². The molecule has 0 heterocycles. The summed E-state index contributed by atoms with van der Waals surface area (Å²) in [6.45, 7) is 4.49. The number of amides is 1. The molecule has 20 heavy (non-hydrogen) atoms. The fourth-order valence-corrected chi connectivity index (χ4v) is 2.39. The lowest BCUT2D eigenvalue weighted by Crippen LogP contribution is -2.38. The smallest absolute Gasteiger partial charge is 0.327 e. The minimum absolute atomic E-state index is 0.324. The molecule has 1 aromatic carbocycles. The molecule has 0 aromatic heterocycles. The maximum atomic E-state index is 10.8. The highest BCUT2D eigenvalue weighted by Gasteiger charge is 2.15. The van der Waals surface area contributed by atoms with Gasteiger partial charge in [-0.2, -0.15) is 11.8 Å². The maximum absolute atomic E-state index is 10.8. The Morgan fingerprint density at radius 3 is 2.90 bits per heavy atom. The fraction of sp³-hybridized carbons (Fsp3) is 0.429. The topological polar surface area (TPSA) is 75.6 Å². The summed E-state index contributed by atoms with van der Waals surface area (Å²) in [6, 6.07) is 5.16. The Kier molecular flexibility index (Phi) is 6.93. The Bertz CT molecular complexity index is 464. The van der Waals surface area contributed by atoms with Crippen molar-refractivity contribution in [2.75, 3.05) is 18.1 Å². The van der Waals surface area contributed by atoms with Crippen molar-refractivity contribution in [1.29, 1.82) is 0 Å². The Morgan fingerprint density at radius 2 is 2.25 bits per heavy atom. The predicted octanol–water partition coefficient (Wildman–Crippen LogP) is 1.61. The summed E-state index contributed by atoms with van der Waals surface area (Å²) in [5.74, 6) is 0.813. The third kappa shape index (κ3) is 5.52. The van der Waals surface area contributed by atoms with Crippen LogP contribution in [0, 0.1) is 13.8 Å². The van der Waals surface area contributed by atoms with Crippen molar-refractivity contribution in [2.45, 2.75) is 19.9 Å². The number of carboxylic acids is 1. The lowest BCUT2D eigenvalue weighted by Gasteiger charge is -2.12. The molecule has 1 rings (SSSR count). The zero-order valence-corrected chi connectivity index (χ0v) is 12.4. The van der Waals surface area contributed by atoms with Crippen LogP contribution >= 0.6 is 11.8 Å². The number of hydrogen-bond acceptors (Lipinski definition) is 4. The van der Waals surface area contributed by atoms with Gasteiger partial charge in [-0.1, -0.05) is 12.1 Å². The second-order valence-electron chi connectivity index (χ2n) is 4.37. The van der Waals surface area contributed by atoms with Crippen LogP contribution in [0.5, 0.6) is 5.75 Å². The van der Waals surface area contributed by atoms with Crippen LogP contribution in [0.25, 0.3) is 0 Å². The van der Waals surface area contributed by atoms with Crippen LogP contribution in [0.15, 0.2) is 18.2 Å². The number of aliphatic carboxylic acids is 1. The number of hydrogen-bond donors (Lipinski definition) is 2. The first-order valence-electron chi connectivity index (χ1n) is 6.25. The molecule has 1 aromatic rings. The van der Waals surface area contributed by atoms with Crippen LogP contribution in [-0.2, 0) is 9.59 Å². The molecule has 1 unspecified atom stereocenters. The van der Waals surface area contributed by atoms with Gasteiger partial charge in [-0.15, -0.1) is 0 Å². The molecule has 5 nitrogen and oxygen atoms in total. The number of nitrogens with one attached hydrogen (secondary N) is 1. The Hall–Kier alpha value is -1.69. The summed E-state index contributed by atoms with van der Waals surface area (Å²) in [5, 5.41) is 11.1. The van der Waals surface area contributed by atoms with E-state index in [0.29, 0.717) is 24.5 Å². The van der Waals surface area contributed by atoms with Gasteiger partial charge in [-0.05, 0) is 31.0 Å². The van der Waals surface area contributed by atoms with Crippen LogP contribution < -0.4 is 10.1 Å². The average molecular weight is 297 g/mol. The normalized spacial score (nSPS) is 11.7. The molecule has 0 saturated heterocycles. The number of aryl methyl sites for hydroxylation is 2. The largest absolute Gasteiger partial charge is 0.492 e. The summed E-state index contributed by atoms with van der Waals surface area (Å²) in [7, 11) is 0. The lowest BCUT2D eigenvalue weighted by atomic mass is 10.1. The fourth-order valence-electron chi connectivity index (χ4n) is 1.55. The number of benzene rings is 1. The van der Waals surface area contributed by atoms with Gasteiger partial charge in [0.25, 0.3) is 0 Å². The SMILES string of the molecule is Cc1ccc(C)c(OCCSCC(NC=O)C(=O)O)c1. The second-order valence-corrected chi connectivity index (χ2v) is 5.52. The first-order valence-corrected chi connectivity index (χ1v) is 7.40. The van der Waals surface area contributed by atoms with E-state index in [-0.39, 0.29) is 0 Å². The second kappa shape index (κ2) is 8.47. The van der Waals surface area contributed by atoms with E-state index < -0.39 is 12.0 Å². The Balaban J connectivity index is 2.29. The standard InChI is InChI=1S/C14H19NO4S/c1-10-3-4-11(2)13(7-10)19-5-6-20-8-12(14(17)18)15-9-16/h3-4,7,9,12H,5-6,8H2,1-2H3,(H,15,16)(H,17,18). The summed E-state index contributed by atoms with van der Waals surface area (Å²) in [4.78, 5) is 21.0. The molecule has 0 fully saturated rings. The Morgan fingerprint density at radius 1 is 1.50 bits per heavy atom. The summed E-state index contributed by atoms with van der Waals surface area (Å²) in [5.41, 5.74) is 2.21. The van der Waals surface area contributed by atoms with Gasteiger partial charge < -0.3 is 15.2 Å². The first kappa shape index (κ1) is 16.4. The van der Waals surface area contributed by atoms with Crippen molar-refractivity contribution >= 4 is 24.1 Å². The van der Waals surface area contributed by atoms with E-state index in [1.807, 2.05) is 32.0 Å². The monoisotopic (exact) mass is 297 g/mol. The molecule has 0 bridgehead atoms. The highest BCUT2D eigenvalue weighted by atomic mass is 32.2. The first-order chi connectivity index (χ1) is 9.54. The van der Waals surface area contributed by atoms with Crippen molar-refractivity contribution in [3.63, 3.8) is 0 Å². The summed E-state index contributed by atoms with van der Waals surface area (Å²) >= 11 is 1.43. The van der Waals surface area contributed by atoms with Gasteiger partial charge in [0, 0.05) is 11.5 Å². The minimum atomic E-state index is -1.03. The zero-order chi connectivity index (χ0) is 15.0. The number of carboxylic acid groups (broad SMARTS) is 1. The molecule has 0 aliphatic heterocycles. The number of carbonyl (C=O) groups is 2.